The maximum absolute atomic E-state index is 12.4. The third-order valence-corrected chi connectivity index (χ3v) is 4.26. The number of amides is 1. The van der Waals surface area contributed by atoms with Gasteiger partial charge in [-0.05, 0) is 43.5 Å². The summed E-state index contributed by atoms with van der Waals surface area (Å²) in [6, 6.07) is 12.8. The van der Waals surface area contributed by atoms with E-state index in [0.29, 0.717) is 24.1 Å². The van der Waals surface area contributed by atoms with Gasteiger partial charge in [0.15, 0.2) is 0 Å². The molecule has 23 heavy (non-hydrogen) atoms. The molecule has 3 rings (SSSR count). The van der Waals surface area contributed by atoms with E-state index in [4.69, 9.17) is 10.5 Å². The molecule has 1 aromatic heterocycles. The number of hydrogen-bond acceptors (Lipinski definition) is 4. The molecule has 0 radical (unpaired) electrons. The van der Waals surface area contributed by atoms with Crippen LogP contribution in [-0.4, -0.2) is 17.4 Å². The molecule has 2 aromatic rings. The molecule has 1 amide bonds. The highest BCUT2D eigenvalue weighted by atomic mass is 16.5. The molecule has 0 saturated heterocycles. The van der Waals surface area contributed by atoms with Crippen LogP contribution in [0.2, 0.25) is 0 Å². The van der Waals surface area contributed by atoms with Crippen LogP contribution in [0, 0.1) is 11.8 Å². The van der Waals surface area contributed by atoms with Crippen molar-refractivity contribution in [1.29, 1.82) is 0 Å². The van der Waals surface area contributed by atoms with Gasteiger partial charge >= 0.3 is 0 Å². The Bertz CT molecular complexity index is 660. The Balaban J connectivity index is 1.66. The SMILES string of the molecule is NC[C@H]1CCC[C@H]1C(=O)Nc1cccc(Oc2ccccn2)c1. The summed E-state index contributed by atoms with van der Waals surface area (Å²) < 4.78 is 5.69. The first-order valence-electron chi connectivity index (χ1n) is 7.96. The number of benzene rings is 1. The lowest BCUT2D eigenvalue weighted by Gasteiger charge is -2.17. The van der Waals surface area contributed by atoms with Crippen LogP contribution in [-0.2, 0) is 4.79 Å². The first kappa shape index (κ1) is 15.5. The third kappa shape index (κ3) is 3.87. The molecule has 2 atom stereocenters. The van der Waals surface area contributed by atoms with E-state index < -0.39 is 0 Å². The van der Waals surface area contributed by atoms with Crippen molar-refractivity contribution >= 4 is 11.6 Å². The van der Waals surface area contributed by atoms with Crippen molar-refractivity contribution in [2.24, 2.45) is 17.6 Å². The molecule has 1 saturated carbocycles. The summed E-state index contributed by atoms with van der Waals surface area (Å²) in [7, 11) is 0. The predicted molar refractivity (Wildman–Crippen MR) is 89.3 cm³/mol. The minimum atomic E-state index is 0.0142. The minimum Gasteiger partial charge on any atom is -0.439 e. The number of rotatable bonds is 5. The van der Waals surface area contributed by atoms with E-state index in [2.05, 4.69) is 10.3 Å². The zero-order chi connectivity index (χ0) is 16.1. The molecule has 5 heteroatoms. The minimum absolute atomic E-state index is 0.0142. The van der Waals surface area contributed by atoms with Crippen LogP contribution in [0.25, 0.3) is 0 Å². The second kappa shape index (κ2) is 7.24. The molecular formula is C18H21N3O2. The molecule has 0 bridgehead atoms. The number of carbonyl (C=O) groups excluding carboxylic acids is 1. The van der Waals surface area contributed by atoms with Crippen LogP contribution in [0.3, 0.4) is 0 Å². The quantitative estimate of drug-likeness (QED) is 0.889. The summed E-state index contributed by atoms with van der Waals surface area (Å²) in [6.07, 6.45) is 4.70. The average Bonchev–Trinajstić information content (AvgIpc) is 3.05. The molecule has 1 heterocycles. The molecule has 1 fully saturated rings. The Hall–Kier alpha value is -2.40. The lowest BCUT2D eigenvalue weighted by atomic mass is 9.95. The summed E-state index contributed by atoms with van der Waals surface area (Å²) in [5.74, 6) is 1.52. The molecule has 0 aliphatic heterocycles. The normalized spacial score (nSPS) is 20.2. The topological polar surface area (TPSA) is 77.2 Å². The third-order valence-electron chi connectivity index (χ3n) is 4.26. The number of pyridine rings is 1. The van der Waals surface area contributed by atoms with E-state index in [1.807, 2.05) is 30.3 Å². The monoisotopic (exact) mass is 311 g/mol. The van der Waals surface area contributed by atoms with E-state index in [0.717, 1.165) is 24.9 Å². The van der Waals surface area contributed by atoms with Gasteiger partial charge in [-0.1, -0.05) is 18.6 Å². The fourth-order valence-electron chi connectivity index (χ4n) is 3.06. The van der Waals surface area contributed by atoms with Crippen molar-refractivity contribution in [3.8, 4) is 11.6 Å². The van der Waals surface area contributed by atoms with Gasteiger partial charge in [0.2, 0.25) is 11.8 Å². The number of ether oxygens (including phenoxy) is 1. The largest absolute Gasteiger partial charge is 0.439 e. The molecule has 120 valence electrons. The number of anilines is 1. The number of nitrogens with one attached hydrogen (secondary N) is 1. The summed E-state index contributed by atoms with van der Waals surface area (Å²) in [4.78, 5) is 16.6. The average molecular weight is 311 g/mol. The molecule has 5 nitrogen and oxygen atoms in total. The zero-order valence-electron chi connectivity index (χ0n) is 12.9. The van der Waals surface area contributed by atoms with Gasteiger partial charge in [0.05, 0.1) is 0 Å². The van der Waals surface area contributed by atoms with Gasteiger partial charge in [-0.2, -0.15) is 0 Å². The molecule has 0 unspecified atom stereocenters. The summed E-state index contributed by atoms with van der Waals surface area (Å²) in [5, 5.41) is 2.98. The summed E-state index contributed by atoms with van der Waals surface area (Å²) in [6.45, 7) is 0.570. The smallest absolute Gasteiger partial charge is 0.227 e. The van der Waals surface area contributed by atoms with E-state index in [1.54, 1.807) is 18.3 Å². The molecular weight excluding hydrogens is 290 g/mol. The number of carbonyl (C=O) groups is 1. The van der Waals surface area contributed by atoms with Crippen LogP contribution in [0.5, 0.6) is 11.6 Å². The Morgan fingerprint density at radius 1 is 1.26 bits per heavy atom. The number of nitrogens with zero attached hydrogens (tertiary/aromatic N) is 1. The lowest BCUT2D eigenvalue weighted by molar-refractivity contribution is -0.120. The predicted octanol–water partition coefficient (Wildman–Crippen LogP) is 3.19. The molecule has 3 N–H and O–H groups in total. The first-order chi connectivity index (χ1) is 11.3. The number of aromatic nitrogens is 1. The van der Waals surface area contributed by atoms with Gasteiger partial charge in [-0.3, -0.25) is 4.79 Å². The highest BCUT2D eigenvalue weighted by Crippen LogP contribution is 2.32. The summed E-state index contributed by atoms with van der Waals surface area (Å²) in [5.41, 5.74) is 6.49. The van der Waals surface area contributed by atoms with Gasteiger partial charge < -0.3 is 15.8 Å². The highest BCUT2D eigenvalue weighted by Gasteiger charge is 2.31. The van der Waals surface area contributed by atoms with E-state index in [-0.39, 0.29) is 11.8 Å². The second-order valence-corrected chi connectivity index (χ2v) is 5.82. The van der Waals surface area contributed by atoms with Crippen LogP contribution in [0.4, 0.5) is 5.69 Å². The van der Waals surface area contributed by atoms with Gasteiger partial charge in [0.25, 0.3) is 0 Å². The van der Waals surface area contributed by atoms with Crippen LogP contribution >= 0.6 is 0 Å². The van der Waals surface area contributed by atoms with Crippen molar-refractivity contribution < 1.29 is 9.53 Å². The number of hydrogen-bond donors (Lipinski definition) is 2. The maximum Gasteiger partial charge on any atom is 0.227 e. The Kier molecular flexibility index (Phi) is 4.88. The van der Waals surface area contributed by atoms with E-state index in [1.165, 1.54) is 0 Å². The van der Waals surface area contributed by atoms with Crippen molar-refractivity contribution in [3.05, 3.63) is 48.7 Å². The van der Waals surface area contributed by atoms with Crippen molar-refractivity contribution in [2.75, 3.05) is 11.9 Å². The highest BCUT2D eigenvalue weighted by molar-refractivity contribution is 5.93. The van der Waals surface area contributed by atoms with Crippen molar-refractivity contribution in [2.45, 2.75) is 19.3 Å². The maximum atomic E-state index is 12.4. The first-order valence-corrected chi connectivity index (χ1v) is 7.96. The van der Waals surface area contributed by atoms with E-state index >= 15 is 0 Å². The van der Waals surface area contributed by atoms with Gasteiger partial charge in [-0.25, -0.2) is 4.98 Å². The van der Waals surface area contributed by atoms with Crippen LogP contribution in [0.1, 0.15) is 19.3 Å². The molecule has 1 aliphatic carbocycles. The zero-order valence-corrected chi connectivity index (χ0v) is 12.9. The van der Waals surface area contributed by atoms with Gasteiger partial charge in [0, 0.05) is 29.9 Å². The standard InChI is InChI=1S/C18H21N3O2/c19-12-13-5-3-8-16(13)18(22)21-14-6-4-7-15(11-14)23-17-9-1-2-10-20-17/h1-2,4,6-7,9-11,13,16H,3,5,8,12,19H2,(H,21,22)/t13-,16-/m1/s1. The van der Waals surface area contributed by atoms with E-state index in [9.17, 15) is 4.79 Å². The second-order valence-electron chi connectivity index (χ2n) is 5.82. The summed E-state index contributed by atoms with van der Waals surface area (Å²) >= 11 is 0. The fraction of sp³-hybridized carbons (Fsp3) is 0.333. The molecule has 1 aliphatic rings. The molecule has 1 aromatic carbocycles. The fourth-order valence-corrected chi connectivity index (χ4v) is 3.06. The van der Waals surface area contributed by atoms with Crippen molar-refractivity contribution in [3.63, 3.8) is 0 Å². The van der Waals surface area contributed by atoms with Crippen molar-refractivity contribution in [1.82, 2.24) is 4.98 Å². The van der Waals surface area contributed by atoms with Crippen LogP contribution < -0.4 is 15.8 Å². The Morgan fingerprint density at radius 2 is 2.17 bits per heavy atom. The molecule has 0 spiro atoms. The number of nitrogens with two attached hydrogens (primary N) is 1. The Labute approximate surface area is 135 Å². The van der Waals surface area contributed by atoms with Crippen LogP contribution in [0.15, 0.2) is 48.7 Å². The lowest BCUT2D eigenvalue weighted by Crippen LogP contribution is -2.29. The Morgan fingerprint density at radius 3 is 2.96 bits per heavy atom. The van der Waals surface area contributed by atoms with Gasteiger partial charge in [0.1, 0.15) is 5.75 Å². The van der Waals surface area contributed by atoms with Gasteiger partial charge in [-0.15, -0.1) is 0 Å².